The summed E-state index contributed by atoms with van der Waals surface area (Å²) in [6.45, 7) is 1.16. The number of amides is 4. The number of nitrogens with one attached hydrogen (secondary N) is 1. The number of nitro benzene ring substituents is 2. The van der Waals surface area contributed by atoms with Crippen molar-refractivity contribution in [2.45, 2.75) is 12.8 Å². The Morgan fingerprint density at radius 1 is 0.558 bits per heavy atom. The second-order valence-corrected chi connectivity index (χ2v) is 10.2. The van der Waals surface area contributed by atoms with Crippen LogP contribution in [0.1, 0.15) is 54.3 Å². The lowest BCUT2D eigenvalue weighted by Crippen LogP contribution is -2.42. The molecule has 2 heterocycles. The Morgan fingerprint density at radius 2 is 0.930 bits per heavy atom. The molecular weight excluding hydrogens is 558 g/mol. The van der Waals surface area contributed by atoms with E-state index in [2.05, 4.69) is 5.32 Å². The molecule has 0 saturated heterocycles. The third kappa shape index (κ3) is 4.46. The quantitative estimate of drug-likeness (QED) is 0.125. The summed E-state index contributed by atoms with van der Waals surface area (Å²) < 4.78 is 0. The Morgan fingerprint density at radius 3 is 1.30 bits per heavy atom. The van der Waals surface area contributed by atoms with E-state index in [0.29, 0.717) is 36.7 Å². The molecule has 0 saturated carbocycles. The van der Waals surface area contributed by atoms with Crippen molar-refractivity contribution in [3.8, 4) is 0 Å². The van der Waals surface area contributed by atoms with Gasteiger partial charge in [0.25, 0.3) is 35.0 Å². The molecule has 216 valence electrons. The Kier molecular flexibility index (Phi) is 6.86. The van der Waals surface area contributed by atoms with Crippen LogP contribution < -0.4 is 5.32 Å². The summed E-state index contributed by atoms with van der Waals surface area (Å²) in [4.78, 5) is 76.5. The Hall–Kier alpha value is -5.56. The summed E-state index contributed by atoms with van der Waals surface area (Å²) in [5.41, 5.74) is 0.630. The van der Waals surface area contributed by atoms with Gasteiger partial charge in [0.15, 0.2) is 0 Å². The molecule has 0 radical (unpaired) electrons. The van der Waals surface area contributed by atoms with E-state index in [9.17, 15) is 39.4 Å². The molecule has 13 heteroatoms. The molecule has 4 aromatic rings. The fraction of sp³-hybridized carbons (Fsp3) is 0.200. The number of hydrogen-bond acceptors (Lipinski definition) is 9. The fourth-order valence-corrected chi connectivity index (χ4v) is 5.84. The van der Waals surface area contributed by atoms with E-state index >= 15 is 0 Å². The van der Waals surface area contributed by atoms with Gasteiger partial charge in [-0.15, -0.1) is 0 Å². The lowest BCUT2D eigenvalue weighted by molar-refractivity contribution is -0.383. The van der Waals surface area contributed by atoms with Gasteiger partial charge in [0, 0.05) is 58.2 Å². The van der Waals surface area contributed by atoms with E-state index in [-0.39, 0.29) is 57.5 Å². The molecule has 0 spiro atoms. The first-order valence-electron chi connectivity index (χ1n) is 13.5. The minimum Gasteiger partial charge on any atom is -0.317 e. The molecule has 0 aromatic heterocycles. The van der Waals surface area contributed by atoms with Crippen LogP contribution in [0.5, 0.6) is 0 Å². The summed E-state index contributed by atoms with van der Waals surface area (Å²) in [5.74, 6) is -2.03. The van der Waals surface area contributed by atoms with Crippen LogP contribution in [0.3, 0.4) is 0 Å². The van der Waals surface area contributed by atoms with E-state index in [1.165, 1.54) is 36.4 Å². The van der Waals surface area contributed by atoms with Crippen molar-refractivity contribution in [2.24, 2.45) is 0 Å². The highest BCUT2D eigenvalue weighted by Crippen LogP contribution is 2.36. The number of nitrogens with zero attached hydrogens (tertiary/aromatic N) is 4. The average molecular weight is 582 g/mol. The Bertz CT molecular complexity index is 1740. The van der Waals surface area contributed by atoms with Crippen LogP contribution in [0.2, 0.25) is 0 Å². The Labute approximate surface area is 243 Å². The topological polar surface area (TPSA) is 173 Å². The molecular formula is C30H23N5O8. The van der Waals surface area contributed by atoms with E-state index in [1.807, 2.05) is 0 Å². The number of hydrogen-bond donors (Lipinski definition) is 1. The summed E-state index contributed by atoms with van der Waals surface area (Å²) in [5, 5.41) is 27.1. The largest absolute Gasteiger partial charge is 0.317 e. The standard InChI is InChI=1S/C30H23N5O8/c36-27-19-7-1-5-17-23(34(40)41)11-9-21(25(17)19)29(38)32(27)15-3-13-31-14-4-16-33-28(37)20-8-2-6-18-24(35(42)43)12-10-22(26(18)20)30(33)39/h1-2,5-12,31H,3-4,13-16H2. The maximum absolute atomic E-state index is 13.1. The second kappa shape index (κ2) is 10.7. The third-order valence-corrected chi connectivity index (χ3v) is 7.80. The van der Waals surface area contributed by atoms with Crippen molar-refractivity contribution in [3.63, 3.8) is 0 Å². The molecule has 0 bridgehead atoms. The molecule has 4 aromatic carbocycles. The minimum absolute atomic E-state index is 0.132. The Balaban J connectivity index is 1.04. The van der Waals surface area contributed by atoms with Crippen molar-refractivity contribution in [3.05, 3.63) is 103 Å². The zero-order valence-corrected chi connectivity index (χ0v) is 22.6. The van der Waals surface area contributed by atoms with Gasteiger partial charge in [-0.2, -0.15) is 0 Å². The normalized spacial score (nSPS) is 14.2. The molecule has 0 atom stereocenters. The second-order valence-electron chi connectivity index (χ2n) is 10.2. The molecule has 13 nitrogen and oxygen atoms in total. The molecule has 43 heavy (non-hydrogen) atoms. The van der Waals surface area contributed by atoms with Crippen LogP contribution in [-0.2, 0) is 0 Å². The summed E-state index contributed by atoms with van der Waals surface area (Å²) >= 11 is 0. The van der Waals surface area contributed by atoms with Crippen molar-refractivity contribution in [1.29, 1.82) is 0 Å². The van der Waals surface area contributed by atoms with Gasteiger partial charge in [-0.25, -0.2) is 0 Å². The molecule has 0 aliphatic carbocycles. The first-order valence-corrected chi connectivity index (χ1v) is 13.5. The number of rotatable bonds is 10. The average Bonchev–Trinajstić information content (AvgIpc) is 3.00. The van der Waals surface area contributed by atoms with Gasteiger partial charge < -0.3 is 5.32 Å². The zero-order valence-electron chi connectivity index (χ0n) is 22.6. The number of non-ortho nitro benzene ring substituents is 2. The van der Waals surface area contributed by atoms with E-state index in [0.717, 1.165) is 9.80 Å². The first kappa shape index (κ1) is 27.6. The summed E-state index contributed by atoms with van der Waals surface area (Å²) in [6, 6.07) is 14.6. The number of carbonyl (C=O) groups excluding carboxylic acids is 4. The van der Waals surface area contributed by atoms with Crippen LogP contribution >= 0.6 is 0 Å². The van der Waals surface area contributed by atoms with Crippen molar-refractivity contribution < 1.29 is 29.0 Å². The van der Waals surface area contributed by atoms with E-state index < -0.39 is 33.5 Å². The van der Waals surface area contributed by atoms with Gasteiger partial charge in [0.05, 0.1) is 20.6 Å². The van der Waals surface area contributed by atoms with Crippen LogP contribution in [0.15, 0.2) is 60.7 Å². The van der Waals surface area contributed by atoms with Crippen LogP contribution in [0.25, 0.3) is 21.5 Å². The summed E-state index contributed by atoms with van der Waals surface area (Å²) in [6.07, 6.45) is 0.872. The van der Waals surface area contributed by atoms with E-state index in [4.69, 9.17) is 0 Å². The first-order chi connectivity index (χ1) is 20.7. The van der Waals surface area contributed by atoms with Crippen LogP contribution in [0, 0.1) is 20.2 Å². The maximum Gasteiger partial charge on any atom is 0.277 e. The number of imide groups is 2. The minimum atomic E-state index is -0.541. The SMILES string of the molecule is O=C1c2cccc3c([N+](=O)[O-])ccc(c23)C(=O)N1CCCNCCCN1C(=O)c2cccc3c([N+](=O)[O-])ccc(c23)C1=O. The van der Waals surface area contributed by atoms with Gasteiger partial charge in [0.2, 0.25) is 0 Å². The highest BCUT2D eigenvalue weighted by Gasteiger charge is 2.35. The van der Waals surface area contributed by atoms with Crippen LogP contribution in [0.4, 0.5) is 11.4 Å². The molecule has 0 fully saturated rings. The van der Waals surface area contributed by atoms with Crippen LogP contribution in [-0.4, -0.2) is 69.5 Å². The lowest BCUT2D eigenvalue weighted by atomic mass is 9.93. The van der Waals surface area contributed by atoms with Gasteiger partial charge in [-0.05, 0) is 62.3 Å². The highest BCUT2D eigenvalue weighted by molar-refractivity contribution is 6.27. The van der Waals surface area contributed by atoms with Crippen molar-refractivity contribution >= 4 is 56.5 Å². The zero-order chi connectivity index (χ0) is 30.4. The molecule has 2 aliphatic rings. The van der Waals surface area contributed by atoms with Gasteiger partial charge in [-0.1, -0.05) is 12.1 Å². The number of benzene rings is 4. The number of carbonyl (C=O) groups is 4. The lowest BCUT2D eigenvalue weighted by Gasteiger charge is -2.27. The monoisotopic (exact) mass is 581 g/mol. The van der Waals surface area contributed by atoms with Crippen molar-refractivity contribution in [1.82, 2.24) is 15.1 Å². The van der Waals surface area contributed by atoms with E-state index in [1.54, 1.807) is 24.3 Å². The van der Waals surface area contributed by atoms with Gasteiger partial charge in [-0.3, -0.25) is 49.2 Å². The van der Waals surface area contributed by atoms with Crippen molar-refractivity contribution in [2.75, 3.05) is 26.2 Å². The molecule has 1 N–H and O–H groups in total. The fourth-order valence-electron chi connectivity index (χ4n) is 5.84. The van der Waals surface area contributed by atoms with Gasteiger partial charge >= 0.3 is 0 Å². The molecule has 0 unspecified atom stereocenters. The smallest absolute Gasteiger partial charge is 0.277 e. The molecule has 2 aliphatic heterocycles. The molecule has 4 amide bonds. The maximum atomic E-state index is 13.1. The predicted molar refractivity (Wildman–Crippen MR) is 154 cm³/mol. The predicted octanol–water partition coefficient (Wildman–Crippen LogP) is 4.07. The third-order valence-electron chi connectivity index (χ3n) is 7.80. The number of nitro groups is 2. The summed E-state index contributed by atoms with van der Waals surface area (Å²) in [7, 11) is 0. The highest BCUT2D eigenvalue weighted by atomic mass is 16.6. The molecule has 6 rings (SSSR count). The van der Waals surface area contributed by atoms with Gasteiger partial charge in [0.1, 0.15) is 0 Å².